The molecule has 0 heterocycles. The molecule has 0 aliphatic heterocycles. The van der Waals surface area contributed by atoms with Crippen LogP contribution in [0.4, 0.5) is 0 Å². The number of hydrogen-bond donors (Lipinski definition) is 0. The predicted molar refractivity (Wildman–Crippen MR) is 83.3 cm³/mol. The largest absolute Gasteiger partial charge is 0.493 e. The van der Waals surface area contributed by atoms with Gasteiger partial charge in [0.05, 0.1) is 13.0 Å². The van der Waals surface area contributed by atoms with E-state index in [9.17, 15) is 0 Å². The highest BCUT2D eigenvalue weighted by atomic mass is 35.5. The smallest absolute Gasteiger partial charge is 0.166 e. The van der Waals surface area contributed by atoms with Crippen molar-refractivity contribution in [2.75, 3.05) is 7.11 Å². The maximum absolute atomic E-state index is 6.01. The predicted octanol–water partition coefficient (Wildman–Crippen LogP) is 5.32. The van der Waals surface area contributed by atoms with Crippen LogP contribution in [0.3, 0.4) is 0 Å². The fraction of sp³-hybridized carbons (Fsp3) is 0.200. The van der Waals surface area contributed by atoms with Crippen LogP contribution in [0.15, 0.2) is 36.4 Å². The van der Waals surface area contributed by atoms with E-state index >= 15 is 0 Å². The molecule has 0 saturated heterocycles. The van der Waals surface area contributed by atoms with Crippen LogP contribution in [0, 0.1) is 0 Å². The minimum atomic E-state index is 0.298. The van der Waals surface area contributed by atoms with Gasteiger partial charge in [-0.2, -0.15) is 0 Å². The molecule has 0 bridgehead atoms. The Bertz CT molecular complexity index is 557. The highest BCUT2D eigenvalue weighted by Crippen LogP contribution is 2.36. The van der Waals surface area contributed by atoms with Gasteiger partial charge in [0.1, 0.15) is 6.61 Å². The lowest BCUT2D eigenvalue weighted by molar-refractivity contribution is 0.282. The molecule has 2 rings (SSSR count). The van der Waals surface area contributed by atoms with E-state index in [-0.39, 0.29) is 0 Å². The molecule has 20 heavy (non-hydrogen) atoms. The van der Waals surface area contributed by atoms with E-state index in [0.717, 1.165) is 11.1 Å². The Hall–Kier alpha value is -1.09. The van der Waals surface area contributed by atoms with Crippen molar-refractivity contribution in [2.24, 2.45) is 0 Å². The summed E-state index contributed by atoms with van der Waals surface area (Å²) in [5, 5.41) is 1.26. The maximum atomic E-state index is 6.01. The van der Waals surface area contributed by atoms with Crippen molar-refractivity contribution >= 4 is 34.8 Å². The van der Waals surface area contributed by atoms with Gasteiger partial charge in [0, 0.05) is 21.7 Å². The van der Waals surface area contributed by atoms with Crippen LogP contribution in [0.5, 0.6) is 11.5 Å². The van der Waals surface area contributed by atoms with Crippen LogP contribution in [-0.2, 0) is 12.5 Å². The van der Waals surface area contributed by atoms with Crippen molar-refractivity contribution in [1.82, 2.24) is 0 Å². The lowest BCUT2D eigenvalue weighted by Gasteiger charge is -2.14. The third-order valence-corrected chi connectivity index (χ3v) is 3.51. The highest BCUT2D eigenvalue weighted by Gasteiger charge is 2.12. The SMILES string of the molecule is COc1cc(Cl)cc(CCl)c1OCc1ccc(Cl)cc1. The van der Waals surface area contributed by atoms with Gasteiger partial charge < -0.3 is 9.47 Å². The first-order valence-corrected chi connectivity index (χ1v) is 7.22. The molecule has 0 atom stereocenters. The molecule has 2 aromatic carbocycles. The molecule has 0 spiro atoms. The van der Waals surface area contributed by atoms with Crippen LogP contribution >= 0.6 is 34.8 Å². The average molecular weight is 332 g/mol. The van der Waals surface area contributed by atoms with E-state index in [2.05, 4.69) is 0 Å². The summed E-state index contributed by atoms with van der Waals surface area (Å²) in [4.78, 5) is 0. The Kier molecular flexibility index (Phi) is 5.41. The molecule has 0 amide bonds. The summed E-state index contributed by atoms with van der Waals surface area (Å²) in [5.74, 6) is 1.48. The molecule has 2 nitrogen and oxygen atoms in total. The zero-order chi connectivity index (χ0) is 14.5. The topological polar surface area (TPSA) is 18.5 Å². The third-order valence-electron chi connectivity index (χ3n) is 2.76. The van der Waals surface area contributed by atoms with E-state index in [4.69, 9.17) is 44.3 Å². The third kappa shape index (κ3) is 3.72. The normalized spacial score (nSPS) is 10.4. The zero-order valence-electron chi connectivity index (χ0n) is 10.8. The Morgan fingerprint density at radius 2 is 1.70 bits per heavy atom. The second-order valence-corrected chi connectivity index (χ2v) is 5.29. The average Bonchev–Trinajstić information content (AvgIpc) is 2.46. The van der Waals surface area contributed by atoms with E-state index in [1.807, 2.05) is 24.3 Å². The molecular weight excluding hydrogens is 319 g/mol. The fourth-order valence-electron chi connectivity index (χ4n) is 1.77. The summed E-state index contributed by atoms with van der Waals surface area (Å²) in [5.41, 5.74) is 1.80. The van der Waals surface area contributed by atoms with Gasteiger partial charge in [-0.15, -0.1) is 11.6 Å². The monoisotopic (exact) mass is 330 g/mol. The second kappa shape index (κ2) is 7.07. The van der Waals surface area contributed by atoms with Gasteiger partial charge in [-0.25, -0.2) is 0 Å². The molecule has 0 N–H and O–H groups in total. The fourth-order valence-corrected chi connectivity index (χ4v) is 2.33. The minimum absolute atomic E-state index is 0.298. The molecule has 0 aliphatic carbocycles. The molecule has 106 valence electrons. The number of alkyl halides is 1. The van der Waals surface area contributed by atoms with Crippen LogP contribution in [0.1, 0.15) is 11.1 Å². The van der Waals surface area contributed by atoms with Crippen LogP contribution in [-0.4, -0.2) is 7.11 Å². The number of rotatable bonds is 5. The summed E-state index contributed by atoms with van der Waals surface area (Å²) in [6, 6.07) is 10.9. The van der Waals surface area contributed by atoms with Crippen molar-refractivity contribution in [1.29, 1.82) is 0 Å². The van der Waals surface area contributed by atoms with Gasteiger partial charge in [0.2, 0.25) is 0 Å². The van der Waals surface area contributed by atoms with Gasteiger partial charge in [-0.1, -0.05) is 35.3 Å². The molecule has 0 aromatic heterocycles. The van der Waals surface area contributed by atoms with Crippen LogP contribution in [0.2, 0.25) is 10.0 Å². The van der Waals surface area contributed by atoms with E-state index in [1.165, 1.54) is 0 Å². The molecule has 5 heteroatoms. The number of hydrogen-bond acceptors (Lipinski definition) is 2. The van der Waals surface area contributed by atoms with Gasteiger partial charge in [-0.05, 0) is 23.8 Å². The van der Waals surface area contributed by atoms with Crippen LogP contribution in [0.25, 0.3) is 0 Å². The standard InChI is InChI=1S/C15H13Cl3O2/c1-19-14-7-13(18)6-11(8-16)15(14)20-9-10-2-4-12(17)5-3-10/h2-7H,8-9H2,1H3. The number of methoxy groups -OCH3 is 1. The van der Waals surface area contributed by atoms with Crippen LogP contribution < -0.4 is 9.47 Å². The first-order valence-electron chi connectivity index (χ1n) is 5.93. The van der Waals surface area contributed by atoms with Crippen molar-refractivity contribution in [3.63, 3.8) is 0 Å². The quantitative estimate of drug-likeness (QED) is 0.690. The zero-order valence-corrected chi connectivity index (χ0v) is 13.1. The lowest BCUT2D eigenvalue weighted by Crippen LogP contribution is -2.00. The molecular formula is C15H13Cl3O2. The first-order chi connectivity index (χ1) is 9.63. The van der Waals surface area contributed by atoms with Crippen molar-refractivity contribution in [2.45, 2.75) is 12.5 Å². The molecule has 0 unspecified atom stereocenters. The van der Waals surface area contributed by atoms with Crippen molar-refractivity contribution in [3.05, 3.63) is 57.6 Å². The molecule has 0 fully saturated rings. The Morgan fingerprint density at radius 3 is 2.30 bits per heavy atom. The Morgan fingerprint density at radius 1 is 1.00 bits per heavy atom. The highest BCUT2D eigenvalue weighted by molar-refractivity contribution is 6.31. The number of halogens is 3. The van der Waals surface area contributed by atoms with Crippen molar-refractivity contribution < 1.29 is 9.47 Å². The van der Waals surface area contributed by atoms with E-state index in [1.54, 1.807) is 19.2 Å². The number of ether oxygens (including phenoxy) is 2. The molecule has 0 saturated carbocycles. The number of benzene rings is 2. The summed E-state index contributed by atoms with van der Waals surface area (Å²) in [6.45, 7) is 0.402. The minimum Gasteiger partial charge on any atom is -0.493 e. The van der Waals surface area contributed by atoms with Gasteiger partial charge in [-0.3, -0.25) is 0 Å². The van der Waals surface area contributed by atoms with E-state index in [0.29, 0.717) is 34.0 Å². The molecule has 0 radical (unpaired) electrons. The maximum Gasteiger partial charge on any atom is 0.166 e. The van der Waals surface area contributed by atoms with Gasteiger partial charge in [0.25, 0.3) is 0 Å². The van der Waals surface area contributed by atoms with Gasteiger partial charge >= 0.3 is 0 Å². The van der Waals surface area contributed by atoms with Gasteiger partial charge in [0.15, 0.2) is 11.5 Å². The molecule has 2 aromatic rings. The van der Waals surface area contributed by atoms with Crippen molar-refractivity contribution in [3.8, 4) is 11.5 Å². The summed E-state index contributed by atoms with van der Waals surface area (Å²) in [6.07, 6.45) is 0. The summed E-state index contributed by atoms with van der Waals surface area (Å²) < 4.78 is 11.1. The summed E-state index contributed by atoms with van der Waals surface area (Å²) >= 11 is 17.8. The first kappa shape index (κ1) is 15.3. The Balaban J connectivity index is 2.21. The lowest BCUT2D eigenvalue weighted by atomic mass is 10.2. The van der Waals surface area contributed by atoms with E-state index < -0.39 is 0 Å². The molecule has 0 aliphatic rings. The Labute approximate surface area is 133 Å². The second-order valence-electron chi connectivity index (χ2n) is 4.15. The summed E-state index contributed by atoms with van der Waals surface area (Å²) in [7, 11) is 1.57.